The van der Waals surface area contributed by atoms with Crippen molar-refractivity contribution < 1.29 is 32.2 Å². The van der Waals surface area contributed by atoms with Gasteiger partial charge in [0.1, 0.15) is 0 Å². The molecule has 1 atom stereocenters. The second-order valence-corrected chi connectivity index (χ2v) is 6.84. The van der Waals surface area contributed by atoms with Crippen LogP contribution in [-0.2, 0) is 11.3 Å². The summed E-state index contributed by atoms with van der Waals surface area (Å²) in [6.07, 6.45) is -3.32. The van der Waals surface area contributed by atoms with Crippen molar-refractivity contribution in [2.45, 2.75) is 31.6 Å². The highest BCUT2D eigenvalue weighted by Gasteiger charge is 2.38. The largest absolute Gasteiger partial charge is 0.490 e. The number of halogens is 4. The maximum Gasteiger partial charge on any atom is 0.490 e. The van der Waals surface area contributed by atoms with Crippen molar-refractivity contribution in [2.75, 3.05) is 6.61 Å². The zero-order valence-corrected chi connectivity index (χ0v) is 16.1. The number of imidazole rings is 1. The van der Waals surface area contributed by atoms with Gasteiger partial charge in [-0.05, 0) is 36.6 Å². The lowest BCUT2D eigenvalue weighted by molar-refractivity contribution is -0.192. The molecule has 7 nitrogen and oxygen atoms in total. The zero-order valence-electron chi connectivity index (χ0n) is 16.1. The summed E-state index contributed by atoms with van der Waals surface area (Å²) in [4.78, 5) is 25.7. The molecule has 0 fully saturated rings. The number of hydrogen-bond acceptors (Lipinski definition) is 4. The summed E-state index contributed by atoms with van der Waals surface area (Å²) in [7, 11) is 0. The zero-order chi connectivity index (χ0) is 22.6. The van der Waals surface area contributed by atoms with Gasteiger partial charge in [0.25, 0.3) is 0 Å². The third-order valence-corrected chi connectivity index (χ3v) is 4.63. The first kappa shape index (κ1) is 22.3. The Labute approximate surface area is 173 Å². The van der Waals surface area contributed by atoms with E-state index in [1.807, 2.05) is 24.3 Å². The first-order valence-corrected chi connectivity index (χ1v) is 9.31. The van der Waals surface area contributed by atoms with Crippen LogP contribution in [0.15, 0.2) is 41.2 Å². The number of hydrogen-bond donors (Lipinski definition) is 4. The Morgan fingerprint density at radius 3 is 2.61 bits per heavy atom. The molecule has 0 aliphatic carbocycles. The molecular formula is C20H19F4N3O4. The molecule has 0 saturated heterocycles. The van der Waals surface area contributed by atoms with Gasteiger partial charge in [-0.15, -0.1) is 0 Å². The Hall–Kier alpha value is -3.34. The van der Waals surface area contributed by atoms with Gasteiger partial charge in [-0.25, -0.2) is 14.0 Å². The first-order valence-electron chi connectivity index (χ1n) is 9.31. The Morgan fingerprint density at radius 2 is 1.90 bits per heavy atom. The van der Waals surface area contributed by atoms with Crippen molar-refractivity contribution in [1.29, 1.82) is 0 Å². The molecule has 1 unspecified atom stereocenters. The van der Waals surface area contributed by atoms with Gasteiger partial charge < -0.3 is 25.1 Å². The third kappa shape index (κ3) is 5.63. The summed E-state index contributed by atoms with van der Waals surface area (Å²) in [5.74, 6) is -2.71. The van der Waals surface area contributed by atoms with Crippen LogP contribution in [0.4, 0.5) is 17.6 Å². The Kier molecular flexibility index (Phi) is 6.64. The van der Waals surface area contributed by atoms with Crippen LogP contribution in [0.3, 0.4) is 0 Å². The van der Waals surface area contributed by atoms with E-state index in [0.717, 1.165) is 35.0 Å². The Bertz CT molecular complexity index is 1120. The summed E-state index contributed by atoms with van der Waals surface area (Å²) < 4.78 is 51.3. The second kappa shape index (κ2) is 9.21. The SMILES string of the molecule is O=C(O)C(F)(F)F.O=c1[nH]c2ccc(CNC3CCCOc4c(F)cccc43)cc2[nH]1. The van der Waals surface area contributed by atoms with Gasteiger partial charge in [0.2, 0.25) is 0 Å². The molecule has 1 aliphatic rings. The minimum atomic E-state index is -5.08. The topological polar surface area (TPSA) is 107 Å². The van der Waals surface area contributed by atoms with Gasteiger partial charge in [0.05, 0.1) is 17.6 Å². The standard InChI is InChI=1S/C18H18FN3O2.C2HF3O2/c19-13-4-1-3-12-14(5-2-8-24-17(12)13)20-10-11-6-7-15-16(9-11)22-18(23)21-15;3-2(4,5)1(6)7/h1,3-4,6-7,9,14,20H,2,5,8,10H2,(H2,21,22,23);(H,6,7). The Balaban J connectivity index is 0.000000339. The number of alkyl halides is 3. The predicted octanol–water partition coefficient (Wildman–Crippen LogP) is 3.63. The van der Waals surface area contributed by atoms with Crippen LogP contribution in [0.25, 0.3) is 11.0 Å². The lowest BCUT2D eigenvalue weighted by Crippen LogP contribution is -2.21. The van der Waals surface area contributed by atoms with Crippen molar-refractivity contribution in [2.24, 2.45) is 0 Å². The molecule has 3 aromatic rings. The lowest BCUT2D eigenvalue weighted by Gasteiger charge is -2.18. The van der Waals surface area contributed by atoms with Crippen LogP contribution >= 0.6 is 0 Å². The number of carboxylic acid groups (broad SMARTS) is 1. The molecule has 31 heavy (non-hydrogen) atoms. The molecule has 166 valence electrons. The molecule has 4 N–H and O–H groups in total. The summed E-state index contributed by atoms with van der Waals surface area (Å²) in [6.45, 7) is 1.16. The number of carbonyl (C=O) groups is 1. The number of nitrogens with one attached hydrogen (secondary N) is 3. The van der Waals surface area contributed by atoms with Crippen molar-refractivity contribution in [3.8, 4) is 5.75 Å². The van der Waals surface area contributed by atoms with Crippen LogP contribution in [-0.4, -0.2) is 33.8 Å². The second-order valence-electron chi connectivity index (χ2n) is 6.84. The van der Waals surface area contributed by atoms with E-state index in [2.05, 4.69) is 15.3 Å². The van der Waals surface area contributed by atoms with Crippen molar-refractivity contribution in [1.82, 2.24) is 15.3 Å². The fourth-order valence-corrected chi connectivity index (χ4v) is 3.21. The fraction of sp³-hybridized carbons (Fsp3) is 0.300. The number of fused-ring (bicyclic) bond motifs is 2. The molecule has 0 spiro atoms. The predicted molar refractivity (Wildman–Crippen MR) is 103 cm³/mol. The summed E-state index contributed by atoms with van der Waals surface area (Å²) in [5, 5.41) is 10.6. The molecular weight excluding hydrogens is 422 g/mol. The van der Waals surface area contributed by atoms with E-state index in [-0.39, 0.29) is 17.5 Å². The van der Waals surface area contributed by atoms with E-state index in [0.29, 0.717) is 18.9 Å². The molecule has 4 rings (SSSR count). The number of aliphatic carboxylic acids is 1. The van der Waals surface area contributed by atoms with Gasteiger partial charge in [0, 0.05) is 18.2 Å². The number of benzene rings is 2. The highest BCUT2D eigenvalue weighted by atomic mass is 19.4. The average molecular weight is 441 g/mol. The number of aromatic amines is 2. The molecule has 0 amide bonds. The molecule has 1 aliphatic heterocycles. The molecule has 11 heteroatoms. The number of para-hydroxylation sites is 1. The quantitative estimate of drug-likeness (QED) is 0.465. The molecule has 2 heterocycles. The van der Waals surface area contributed by atoms with Crippen LogP contribution < -0.4 is 15.7 Å². The van der Waals surface area contributed by atoms with E-state index in [1.54, 1.807) is 6.07 Å². The van der Waals surface area contributed by atoms with E-state index in [4.69, 9.17) is 14.6 Å². The van der Waals surface area contributed by atoms with Crippen molar-refractivity contribution in [3.63, 3.8) is 0 Å². The highest BCUT2D eigenvalue weighted by Crippen LogP contribution is 2.33. The summed E-state index contributed by atoms with van der Waals surface area (Å²) in [5.41, 5.74) is 3.29. The van der Waals surface area contributed by atoms with E-state index >= 15 is 0 Å². The first-order chi connectivity index (χ1) is 14.6. The van der Waals surface area contributed by atoms with Crippen molar-refractivity contribution >= 4 is 17.0 Å². The van der Waals surface area contributed by atoms with Crippen LogP contribution in [0.2, 0.25) is 0 Å². The summed E-state index contributed by atoms with van der Waals surface area (Å²) >= 11 is 0. The molecule has 2 aromatic carbocycles. The normalized spacial score (nSPS) is 15.9. The fourth-order valence-electron chi connectivity index (χ4n) is 3.21. The number of H-pyrrole nitrogens is 2. The maximum atomic E-state index is 14.0. The minimum Gasteiger partial charge on any atom is -0.490 e. The number of ether oxygens (including phenoxy) is 1. The minimum absolute atomic E-state index is 0.0409. The van der Waals surface area contributed by atoms with E-state index < -0.39 is 12.1 Å². The van der Waals surface area contributed by atoms with Gasteiger partial charge in [-0.2, -0.15) is 13.2 Å². The molecule has 0 bridgehead atoms. The summed E-state index contributed by atoms with van der Waals surface area (Å²) in [6, 6.07) is 10.9. The van der Waals surface area contributed by atoms with E-state index in [9.17, 15) is 22.4 Å². The molecule has 0 radical (unpaired) electrons. The monoisotopic (exact) mass is 441 g/mol. The lowest BCUT2D eigenvalue weighted by atomic mass is 10.0. The number of carboxylic acids is 1. The third-order valence-electron chi connectivity index (χ3n) is 4.63. The highest BCUT2D eigenvalue weighted by molar-refractivity contribution is 5.75. The molecule has 0 saturated carbocycles. The van der Waals surface area contributed by atoms with Gasteiger partial charge in [-0.3, -0.25) is 0 Å². The van der Waals surface area contributed by atoms with Crippen LogP contribution in [0.1, 0.15) is 30.0 Å². The van der Waals surface area contributed by atoms with Crippen molar-refractivity contribution in [3.05, 3.63) is 63.8 Å². The molecule has 1 aromatic heterocycles. The van der Waals surface area contributed by atoms with Gasteiger partial charge >= 0.3 is 17.8 Å². The van der Waals surface area contributed by atoms with Crippen LogP contribution in [0.5, 0.6) is 5.75 Å². The van der Waals surface area contributed by atoms with Gasteiger partial charge in [-0.1, -0.05) is 18.2 Å². The maximum absolute atomic E-state index is 14.0. The Morgan fingerprint density at radius 1 is 1.19 bits per heavy atom. The number of rotatable bonds is 3. The number of aromatic nitrogens is 2. The van der Waals surface area contributed by atoms with E-state index in [1.165, 1.54) is 6.07 Å². The smallest absolute Gasteiger partial charge is 0.490 e. The van der Waals surface area contributed by atoms with Gasteiger partial charge in [0.15, 0.2) is 11.6 Å². The average Bonchev–Trinajstić information content (AvgIpc) is 2.94. The van der Waals surface area contributed by atoms with Crippen LogP contribution in [0, 0.1) is 5.82 Å².